The van der Waals surface area contributed by atoms with Crippen LogP contribution in [-0.2, 0) is 15.8 Å². The first-order valence-electron chi connectivity index (χ1n) is 9.91. The number of para-hydroxylation sites is 1. The van der Waals surface area contributed by atoms with Crippen molar-refractivity contribution in [2.24, 2.45) is 5.14 Å². The van der Waals surface area contributed by atoms with E-state index in [-0.39, 0.29) is 11.3 Å². The monoisotopic (exact) mass is 470 g/mol. The van der Waals surface area contributed by atoms with Gasteiger partial charge in [-0.3, -0.25) is 4.57 Å². The normalized spacial score (nSPS) is 11.5. The van der Waals surface area contributed by atoms with Gasteiger partial charge < -0.3 is 14.2 Å². The van der Waals surface area contributed by atoms with Crippen molar-refractivity contribution in [2.75, 3.05) is 20.8 Å². The van der Waals surface area contributed by atoms with Gasteiger partial charge in [-0.1, -0.05) is 12.1 Å². The van der Waals surface area contributed by atoms with Crippen molar-refractivity contribution in [3.05, 3.63) is 48.2 Å². The Morgan fingerprint density at radius 3 is 2.33 bits per heavy atom. The summed E-state index contributed by atoms with van der Waals surface area (Å²) in [6, 6.07) is 12.2. The van der Waals surface area contributed by atoms with Gasteiger partial charge in [-0.05, 0) is 31.2 Å². The van der Waals surface area contributed by atoms with Crippen molar-refractivity contribution >= 4 is 21.2 Å². The van der Waals surface area contributed by atoms with E-state index in [9.17, 15) is 8.42 Å². The molecule has 4 aromatic rings. The van der Waals surface area contributed by atoms with Gasteiger partial charge in [0.05, 0.1) is 32.0 Å². The first-order valence-corrected chi connectivity index (χ1v) is 11.6. The van der Waals surface area contributed by atoms with Crippen molar-refractivity contribution in [1.29, 1.82) is 0 Å². The maximum atomic E-state index is 11.6. The quantitative estimate of drug-likeness (QED) is 0.409. The van der Waals surface area contributed by atoms with Crippen molar-refractivity contribution in [1.82, 2.24) is 24.7 Å². The lowest BCUT2D eigenvalue weighted by atomic mass is 10.2. The Bertz CT molecular complexity index is 1400. The summed E-state index contributed by atoms with van der Waals surface area (Å²) in [5.74, 6) is 1.37. The molecule has 0 bridgehead atoms. The number of methoxy groups -OCH3 is 2. The molecule has 3 aromatic heterocycles. The molecule has 0 unspecified atom stereocenters. The fourth-order valence-corrected chi connectivity index (χ4v) is 3.97. The van der Waals surface area contributed by atoms with Crippen LogP contribution in [0.5, 0.6) is 17.4 Å². The lowest BCUT2D eigenvalue weighted by Gasteiger charge is -2.16. The van der Waals surface area contributed by atoms with Crippen LogP contribution in [0.25, 0.3) is 28.4 Å². The first-order chi connectivity index (χ1) is 15.8. The van der Waals surface area contributed by atoms with E-state index >= 15 is 0 Å². The molecule has 0 amide bonds. The van der Waals surface area contributed by atoms with Gasteiger partial charge in [-0.25, -0.2) is 23.5 Å². The summed E-state index contributed by atoms with van der Waals surface area (Å²) in [6.45, 7) is 2.32. The summed E-state index contributed by atoms with van der Waals surface area (Å²) < 4.78 is 41.8. The number of ether oxygens (including phenoxy) is 3. The Kier molecular flexibility index (Phi) is 6.11. The lowest BCUT2D eigenvalue weighted by molar-refractivity contribution is 0.327. The third-order valence-corrected chi connectivity index (χ3v) is 5.39. The molecule has 33 heavy (non-hydrogen) atoms. The molecular weight excluding hydrogens is 448 g/mol. The van der Waals surface area contributed by atoms with Gasteiger partial charge in [-0.15, -0.1) is 5.10 Å². The number of nitrogens with two attached hydrogens (primary N) is 1. The number of nitrogens with zero attached hydrogens (tertiary/aromatic N) is 5. The number of sulfonamides is 1. The van der Waals surface area contributed by atoms with Gasteiger partial charge in [0.2, 0.25) is 21.6 Å². The van der Waals surface area contributed by atoms with Gasteiger partial charge in [-0.2, -0.15) is 5.10 Å². The highest BCUT2D eigenvalue weighted by atomic mass is 32.2. The number of pyridine rings is 1. The molecule has 0 radical (unpaired) electrons. The van der Waals surface area contributed by atoms with Crippen LogP contribution < -0.4 is 19.3 Å². The van der Waals surface area contributed by atoms with Crippen LogP contribution in [0.1, 0.15) is 12.6 Å². The summed E-state index contributed by atoms with van der Waals surface area (Å²) in [5, 5.41) is 13.3. The highest BCUT2D eigenvalue weighted by molar-refractivity contribution is 7.88. The average molecular weight is 471 g/mol. The van der Waals surface area contributed by atoms with Crippen molar-refractivity contribution in [3.8, 4) is 34.6 Å². The molecule has 2 N–H and O–H groups in total. The zero-order valence-electron chi connectivity index (χ0n) is 18.2. The molecule has 4 rings (SSSR count). The fourth-order valence-electron chi connectivity index (χ4n) is 3.42. The summed E-state index contributed by atoms with van der Waals surface area (Å²) in [6.07, 6.45) is 0. The molecule has 0 saturated heterocycles. The molecule has 3 heterocycles. The van der Waals surface area contributed by atoms with Crippen LogP contribution in [0.15, 0.2) is 42.5 Å². The first kappa shape index (κ1) is 22.4. The molecule has 11 nitrogen and oxygen atoms in total. The van der Waals surface area contributed by atoms with E-state index in [0.29, 0.717) is 46.7 Å². The van der Waals surface area contributed by atoms with Crippen LogP contribution >= 0.6 is 0 Å². The second-order valence-electron chi connectivity index (χ2n) is 6.93. The molecule has 0 fully saturated rings. The molecule has 0 saturated carbocycles. The van der Waals surface area contributed by atoms with E-state index in [1.54, 1.807) is 47.0 Å². The van der Waals surface area contributed by atoms with E-state index in [4.69, 9.17) is 19.3 Å². The second-order valence-corrected chi connectivity index (χ2v) is 8.54. The molecule has 0 spiro atoms. The fraction of sp³-hybridized carbons (Fsp3) is 0.238. The highest BCUT2D eigenvalue weighted by Crippen LogP contribution is 2.38. The number of rotatable bonds is 8. The third kappa shape index (κ3) is 4.56. The van der Waals surface area contributed by atoms with Gasteiger partial charge in [0, 0.05) is 6.07 Å². The number of aromatic nitrogens is 5. The van der Waals surface area contributed by atoms with Crippen molar-refractivity contribution < 1.29 is 22.6 Å². The maximum Gasteiger partial charge on any atom is 0.214 e. The van der Waals surface area contributed by atoms with Crippen LogP contribution in [-0.4, -0.2) is 54.0 Å². The molecule has 12 heteroatoms. The molecule has 0 aliphatic heterocycles. The van der Waals surface area contributed by atoms with E-state index in [2.05, 4.69) is 20.2 Å². The molecule has 1 aromatic carbocycles. The summed E-state index contributed by atoms with van der Waals surface area (Å²) in [7, 11) is -0.739. The van der Waals surface area contributed by atoms with Gasteiger partial charge in [0.1, 0.15) is 28.6 Å². The minimum atomic E-state index is -3.82. The number of imidazole rings is 1. The zero-order valence-corrected chi connectivity index (χ0v) is 19.0. The summed E-state index contributed by atoms with van der Waals surface area (Å²) >= 11 is 0. The molecule has 0 atom stereocenters. The Hall–Kier alpha value is -3.77. The predicted molar refractivity (Wildman–Crippen MR) is 121 cm³/mol. The molecule has 0 aliphatic carbocycles. The number of fused-ring (bicyclic) bond motifs is 1. The number of hydrogen-bond donors (Lipinski definition) is 1. The predicted octanol–water partition coefficient (Wildman–Crippen LogP) is 2.08. The molecule has 0 aliphatic rings. The van der Waals surface area contributed by atoms with Gasteiger partial charge >= 0.3 is 0 Å². The maximum absolute atomic E-state index is 11.6. The Labute approximate surface area is 190 Å². The summed E-state index contributed by atoms with van der Waals surface area (Å²) in [4.78, 5) is 9.18. The number of hydrogen-bond acceptors (Lipinski definition) is 9. The van der Waals surface area contributed by atoms with E-state index < -0.39 is 15.8 Å². The Morgan fingerprint density at radius 2 is 1.70 bits per heavy atom. The average Bonchev–Trinajstić information content (AvgIpc) is 3.16. The largest absolute Gasteiger partial charge is 0.494 e. The van der Waals surface area contributed by atoms with Crippen molar-refractivity contribution in [2.45, 2.75) is 12.7 Å². The Morgan fingerprint density at radius 1 is 1.00 bits per heavy atom. The Balaban J connectivity index is 2.06. The van der Waals surface area contributed by atoms with Gasteiger partial charge in [0.15, 0.2) is 5.82 Å². The molecule has 172 valence electrons. The summed E-state index contributed by atoms with van der Waals surface area (Å²) in [5.41, 5.74) is 1.96. The van der Waals surface area contributed by atoms with E-state index in [0.717, 1.165) is 0 Å². The van der Waals surface area contributed by atoms with E-state index in [1.165, 1.54) is 14.2 Å². The zero-order chi connectivity index (χ0) is 23.6. The van der Waals surface area contributed by atoms with Crippen molar-refractivity contribution in [3.63, 3.8) is 0 Å². The standard InChI is InChI=1S/C21H22N6O5S/c1-4-32-18-10-5-7-14(23-18)21-24-20-15(11-13(25-26-20)12-33(22,28)29)27(21)19-16(30-2)8-6-9-17(19)31-3/h5-11H,4,12H2,1-3H3,(H2,22,28,29). The van der Waals surface area contributed by atoms with Crippen LogP contribution in [0, 0.1) is 0 Å². The number of benzene rings is 1. The van der Waals surface area contributed by atoms with Crippen LogP contribution in [0.4, 0.5) is 0 Å². The minimum Gasteiger partial charge on any atom is -0.494 e. The SMILES string of the molecule is CCOc1cccc(-c2nc3nnc(CS(N)(=O)=O)cc3n2-c2c(OC)cccc2OC)n1. The van der Waals surface area contributed by atoms with Crippen LogP contribution in [0.2, 0.25) is 0 Å². The second kappa shape index (κ2) is 9.00. The molecular formula is C21H22N6O5S. The highest BCUT2D eigenvalue weighted by Gasteiger charge is 2.23. The van der Waals surface area contributed by atoms with Crippen LogP contribution in [0.3, 0.4) is 0 Å². The smallest absolute Gasteiger partial charge is 0.214 e. The number of primary sulfonamides is 1. The minimum absolute atomic E-state index is 0.169. The third-order valence-electron chi connectivity index (χ3n) is 4.69. The van der Waals surface area contributed by atoms with Gasteiger partial charge in [0.25, 0.3) is 0 Å². The van der Waals surface area contributed by atoms with E-state index in [1.807, 2.05) is 6.92 Å². The lowest BCUT2D eigenvalue weighted by Crippen LogP contribution is -2.15. The topological polar surface area (TPSA) is 144 Å².